The van der Waals surface area contributed by atoms with Gasteiger partial charge in [0.25, 0.3) is 0 Å². The molecule has 0 aromatic rings. The molecule has 2 unspecified atom stereocenters. The minimum atomic E-state index is -0.822. The highest BCUT2D eigenvalue weighted by molar-refractivity contribution is 5.86. The van der Waals surface area contributed by atoms with Gasteiger partial charge in [0, 0.05) is 12.7 Å². The van der Waals surface area contributed by atoms with Crippen molar-refractivity contribution in [2.24, 2.45) is 0 Å². The van der Waals surface area contributed by atoms with Crippen molar-refractivity contribution in [1.29, 1.82) is 0 Å². The molecule has 0 saturated carbocycles. The van der Waals surface area contributed by atoms with Crippen LogP contribution in [0.1, 0.15) is 20.8 Å². The van der Waals surface area contributed by atoms with E-state index in [0.717, 1.165) is 0 Å². The van der Waals surface area contributed by atoms with Gasteiger partial charge in [0.2, 0.25) is 0 Å². The molecule has 6 nitrogen and oxygen atoms in total. The van der Waals surface area contributed by atoms with E-state index < -0.39 is 18.2 Å². The Labute approximate surface area is 107 Å². The molecule has 0 spiro atoms. The molecule has 0 aromatic carbocycles. The largest absolute Gasteiger partial charge is 0.508 e. The highest BCUT2D eigenvalue weighted by Crippen LogP contribution is 2.00. The van der Waals surface area contributed by atoms with Crippen molar-refractivity contribution in [2.45, 2.75) is 33.0 Å². The van der Waals surface area contributed by atoms with E-state index in [1.807, 2.05) is 0 Å². The first-order chi connectivity index (χ1) is 8.36. The van der Waals surface area contributed by atoms with Gasteiger partial charge in [0.1, 0.15) is 19.3 Å². The Morgan fingerprint density at radius 1 is 1.11 bits per heavy atom. The Bertz CT molecular complexity index is 299. The number of methoxy groups -OCH3 is 1. The molecule has 0 amide bonds. The molecule has 0 rings (SSSR count). The number of rotatable bonds is 7. The van der Waals surface area contributed by atoms with Crippen molar-refractivity contribution in [3.63, 3.8) is 0 Å². The van der Waals surface area contributed by atoms with Gasteiger partial charge in [0.05, 0.1) is 6.10 Å². The number of hydrogen-bond donors (Lipinski definition) is 0. The molecule has 0 bridgehead atoms. The summed E-state index contributed by atoms with van der Waals surface area (Å²) in [5, 5.41) is 0. The van der Waals surface area contributed by atoms with E-state index in [0.29, 0.717) is 5.57 Å². The first kappa shape index (κ1) is 16.4. The SMILES string of the molecule is C=C(C)C(=O)OCC(C)OC(=O)OCC(C)OC. The van der Waals surface area contributed by atoms with Crippen LogP contribution in [0.3, 0.4) is 0 Å². The third-order valence-corrected chi connectivity index (χ3v) is 1.93. The Morgan fingerprint density at radius 3 is 2.17 bits per heavy atom. The third-order valence-electron chi connectivity index (χ3n) is 1.93. The van der Waals surface area contributed by atoms with Crippen LogP contribution in [0.2, 0.25) is 0 Å². The van der Waals surface area contributed by atoms with E-state index in [9.17, 15) is 9.59 Å². The zero-order valence-electron chi connectivity index (χ0n) is 11.2. The van der Waals surface area contributed by atoms with Crippen molar-refractivity contribution in [1.82, 2.24) is 0 Å². The van der Waals surface area contributed by atoms with E-state index >= 15 is 0 Å². The first-order valence-electron chi connectivity index (χ1n) is 5.55. The monoisotopic (exact) mass is 260 g/mol. The molecule has 104 valence electrons. The normalized spacial score (nSPS) is 13.3. The number of ether oxygens (including phenoxy) is 4. The molecule has 0 heterocycles. The van der Waals surface area contributed by atoms with Gasteiger partial charge in [-0.1, -0.05) is 6.58 Å². The fourth-order valence-corrected chi connectivity index (χ4v) is 0.802. The Morgan fingerprint density at radius 2 is 1.67 bits per heavy atom. The van der Waals surface area contributed by atoms with Crippen LogP contribution in [-0.2, 0) is 23.7 Å². The van der Waals surface area contributed by atoms with E-state index in [-0.39, 0.29) is 19.3 Å². The maximum atomic E-state index is 11.2. The quantitative estimate of drug-likeness (QED) is 0.512. The van der Waals surface area contributed by atoms with Gasteiger partial charge >= 0.3 is 12.1 Å². The maximum absolute atomic E-state index is 11.2. The molecule has 0 radical (unpaired) electrons. The van der Waals surface area contributed by atoms with Crippen LogP contribution in [-0.4, -0.2) is 44.7 Å². The van der Waals surface area contributed by atoms with Crippen LogP contribution in [0, 0.1) is 0 Å². The van der Waals surface area contributed by atoms with Crippen LogP contribution in [0.5, 0.6) is 0 Å². The first-order valence-corrected chi connectivity index (χ1v) is 5.55. The van der Waals surface area contributed by atoms with E-state index in [2.05, 4.69) is 6.58 Å². The standard InChI is InChI=1S/C12H20O6/c1-8(2)11(13)16-7-10(4)18-12(14)17-6-9(3)15-5/h9-10H,1,6-7H2,2-5H3. The molecule has 0 N–H and O–H groups in total. The summed E-state index contributed by atoms with van der Waals surface area (Å²) in [6.07, 6.45) is -1.61. The smallest absolute Gasteiger partial charge is 0.458 e. The molecule has 0 aromatic heterocycles. The van der Waals surface area contributed by atoms with Gasteiger partial charge in [-0.3, -0.25) is 0 Å². The molecule has 0 aliphatic rings. The fraction of sp³-hybridized carbons (Fsp3) is 0.667. The predicted molar refractivity (Wildman–Crippen MR) is 64.1 cm³/mol. The number of carbonyl (C=O) groups excluding carboxylic acids is 2. The van der Waals surface area contributed by atoms with Gasteiger partial charge in [-0.25, -0.2) is 9.59 Å². The minimum Gasteiger partial charge on any atom is -0.458 e. The maximum Gasteiger partial charge on any atom is 0.508 e. The summed E-state index contributed by atoms with van der Waals surface area (Å²) in [4.78, 5) is 22.3. The molecule has 0 fully saturated rings. The van der Waals surface area contributed by atoms with Crippen LogP contribution < -0.4 is 0 Å². The Balaban J connectivity index is 3.80. The number of carbonyl (C=O) groups is 2. The molecule has 0 saturated heterocycles. The van der Waals surface area contributed by atoms with Crippen LogP contribution >= 0.6 is 0 Å². The fourth-order valence-electron chi connectivity index (χ4n) is 0.802. The lowest BCUT2D eigenvalue weighted by Crippen LogP contribution is -2.25. The van der Waals surface area contributed by atoms with Gasteiger partial charge in [0.15, 0.2) is 0 Å². The van der Waals surface area contributed by atoms with E-state index in [1.165, 1.54) is 14.0 Å². The molecule has 0 aliphatic carbocycles. The lowest BCUT2D eigenvalue weighted by molar-refractivity contribution is -0.142. The lowest BCUT2D eigenvalue weighted by Gasteiger charge is -2.14. The van der Waals surface area contributed by atoms with E-state index in [1.54, 1.807) is 13.8 Å². The van der Waals surface area contributed by atoms with Crippen molar-refractivity contribution in [2.75, 3.05) is 20.3 Å². The van der Waals surface area contributed by atoms with Crippen molar-refractivity contribution < 1.29 is 28.5 Å². The van der Waals surface area contributed by atoms with Gasteiger partial charge in [-0.2, -0.15) is 0 Å². The summed E-state index contributed by atoms with van der Waals surface area (Å²) in [6, 6.07) is 0. The lowest BCUT2D eigenvalue weighted by atomic mass is 10.3. The summed E-state index contributed by atoms with van der Waals surface area (Å²) in [6.45, 7) is 8.38. The zero-order valence-corrected chi connectivity index (χ0v) is 11.2. The van der Waals surface area contributed by atoms with E-state index in [4.69, 9.17) is 18.9 Å². The average molecular weight is 260 g/mol. The second-order valence-electron chi connectivity index (χ2n) is 3.91. The summed E-state index contributed by atoms with van der Waals surface area (Å²) >= 11 is 0. The zero-order chi connectivity index (χ0) is 14.1. The molecular weight excluding hydrogens is 240 g/mol. The number of hydrogen-bond acceptors (Lipinski definition) is 6. The summed E-state index contributed by atoms with van der Waals surface area (Å²) in [5.41, 5.74) is 0.290. The van der Waals surface area contributed by atoms with Gasteiger partial charge in [-0.15, -0.1) is 0 Å². The highest BCUT2D eigenvalue weighted by Gasteiger charge is 2.14. The Hall–Kier alpha value is -1.56. The van der Waals surface area contributed by atoms with Crippen molar-refractivity contribution >= 4 is 12.1 Å². The van der Waals surface area contributed by atoms with Gasteiger partial charge in [-0.05, 0) is 20.8 Å². The summed E-state index contributed by atoms with van der Waals surface area (Å²) in [7, 11) is 1.51. The predicted octanol–water partition coefficient (Wildman–Crippen LogP) is 1.68. The second kappa shape index (κ2) is 8.52. The highest BCUT2D eigenvalue weighted by atomic mass is 16.7. The average Bonchev–Trinajstić information content (AvgIpc) is 2.32. The topological polar surface area (TPSA) is 71.1 Å². The minimum absolute atomic E-state index is 0.0410. The molecular formula is C12H20O6. The van der Waals surface area contributed by atoms with Crippen LogP contribution in [0.25, 0.3) is 0 Å². The van der Waals surface area contributed by atoms with Crippen molar-refractivity contribution in [3.8, 4) is 0 Å². The molecule has 18 heavy (non-hydrogen) atoms. The Kier molecular flexibility index (Phi) is 7.78. The number of esters is 1. The third kappa shape index (κ3) is 7.67. The summed E-state index contributed by atoms with van der Waals surface area (Å²) in [5.74, 6) is -0.521. The molecule has 0 aliphatic heterocycles. The van der Waals surface area contributed by atoms with Crippen LogP contribution in [0.15, 0.2) is 12.2 Å². The molecule has 6 heteroatoms. The second-order valence-corrected chi connectivity index (χ2v) is 3.91. The molecule has 2 atom stereocenters. The van der Waals surface area contributed by atoms with Crippen molar-refractivity contribution in [3.05, 3.63) is 12.2 Å². The summed E-state index contributed by atoms with van der Waals surface area (Å²) < 4.78 is 19.3. The van der Waals surface area contributed by atoms with Crippen LogP contribution in [0.4, 0.5) is 4.79 Å². The van der Waals surface area contributed by atoms with Gasteiger partial charge < -0.3 is 18.9 Å².